The first-order valence-electron chi connectivity index (χ1n) is 33.4. The van der Waals surface area contributed by atoms with Crippen LogP contribution in [0.3, 0.4) is 0 Å². The molecule has 1 atom stereocenters. The minimum atomic E-state index is -0.766. The summed E-state index contributed by atoms with van der Waals surface area (Å²) < 4.78 is 10.7. The van der Waals surface area contributed by atoms with Crippen molar-refractivity contribution in [2.24, 2.45) is 0 Å². The molecule has 0 aromatic heterocycles. The van der Waals surface area contributed by atoms with Gasteiger partial charge in [0, 0.05) is 12.8 Å². The van der Waals surface area contributed by atoms with Crippen molar-refractivity contribution < 1.29 is 24.2 Å². The highest BCUT2D eigenvalue weighted by Gasteiger charge is 2.16. The van der Waals surface area contributed by atoms with Gasteiger partial charge in [0.05, 0.1) is 6.61 Å². The van der Waals surface area contributed by atoms with Crippen molar-refractivity contribution in [1.82, 2.24) is 0 Å². The molecule has 1 unspecified atom stereocenters. The lowest BCUT2D eigenvalue weighted by molar-refractivity contribution is -0.161. The zero-order chi connectivity index (χ0) is 52.7. The van der Waals surface area contributed by atoms with Crippen molar-refractivity contribution in [3.63, 3.8) is 0 Å². The second-order valence-corrected chi connectivity index (χ2v) is 22.9. The van der Waals surface area contributed by atoms with E-state index < -0.39 is 6.10 Å². The van der Waals surface area contributed by atoms with Crippen molar-refractivity contribution in [1.29, 1.82) is 0 Å². The maximum Gasteiger partial charge on any atom is 0.306 e. The van der Waals surface area contributed by atoms with Gasteiger partial charge in [-0.1, -0.05) is 346 Å². The molecule has 432 valence electrons. The van der Waals surface area contributed by atoms with Crippen LogP contribution in [0.2, 0.25) is 0 Å². The number of carbonyl (C=O) groups is 2. The number of hydrogen-bond acceptors (Lipinski definition) is 5. The van der Waals surface area contributed by atoms with Crippen LogP contribution in [0.1, 0.15) is 380 Å². The Balaban J connectivity index is 3.35. The van der Waals surface area contributed by atoms with Crippen LogP contribution in [0, 0.1) is 0 Å². The van der Waals surface area contributed by atoms with E-state index >= 15 is 0 Å². The molecule has 0 saturated carbocycles. The molecule has 0 bridgehead atoms. The number of ether oxygens (including phenoxy) is 2. The van der Waals surface area contributed by atoms with E-state index in [1.165, 1.54) is 315 Å². The van der Waals surface area contributed by atoms with Crippen LogP contribution in [0.5, 0.6) is 0 Å². The number of allylic oxidation sites excluding steroid dienone is 4. The lowest BCUT2D eigenvalue weighted by atomic mass is 10.0. The Kier molecular flexibility index (Phi) is 63.2. The van der Waals surface area contributed by atoms with Gasteiger partial charge in [-0.2, -0.15) is 0 Å². The van der Waals surface area contributed by atoms with E-state index in [1.807, 2.05) is 0 Å². The highest BCUT2D eigenvalue weighted by molar-refractivity contribution is 5.70. The molecular weight excluding hydrogens is 897 g/mol. The standard InChI is InChI=1S/C68H130O5/c1-3-5-7-9-11-13-15-17-19-21-23-25-26-27-28-29-30-31-32-33-34-35-36-37-38-39-40-41-42-43-45-47-49-51-53-55-57-59-61-63-68(71)73-66(64-69)65-72-67(70)62-60-58-56-54-52-50-48-46-44-24-22-20-18-16-14-12-10-8-6-4-2/h15,17,21,23,66,69H,3-14,16,18-20,22,24-65H2,1-2H3/b17-15-,23-21-. The Morgan fingerprint density at radius 3 is 0.808 bits per heavy atom. The number of hydrogen-bond donors (Lipinski definition) is 1. The maximum atomic E-state index is 12.3. The van der Waals surface area contributed by atoms with Gasteiger partial charge in [-0.15, -0.1) is 0 Å². The van der Waals surface area contributed by atoms with Crippen LogP contribution >= 0.6 is 0 Å². The number of carbonyl (C=O) groups excluding carboxylic acids is 2. The van der Waals surface area contributed by atoms with E-state index in [-0.39, 0.29) is 25.2 Å². The number of unbranched alkanes of at least 4 members (excludes halogenated alkanes) is 51. The van der Waals surface area contributed by atoms with E-state index in [9.17, 15) is 14.7 Å². The lowest BCUT2D eigenvalue weighted by Crippen LogP contribution is -2.28. The van der Waals surface area contributed by atoms with Crippen LogP contribution in [-0.4, -0.2) is 36.4 Å². The Bertz CT molecular complexity index is 1120. The van der Waals surface area contributed by atoms with Crippen LogP contribution in [0.25, 0.3) is 0 Å². The molecule has 0 aliphatic heterocycles. The number of esters is 2. The summed E-state index contributed by atoms with van der Waals surface area (Å²) in [5.41, 5.74) is 0. The van der Waals surface area contributed by atoms with Crippen LogP contribution in [0.4, 0.5) is 0 Å². The fourth-order valence-electron chi connectivity index (χ4n) is 10.5. The van der Waals surface area contributed by atoms with E-state index in [0.717, 1.165) is 38.5 Å². The Morgan fingerprint density at radius 2 is 0.548 bits per heavy atom. The van der Waals surface area contributed by atoms with E-state index in [4.69, 9.17) is 9.47 Å². The molecule has 0 aromatic carbocycles. The van der Waals surface area contributed by atoms with Crippen molar-refractivity contribution >= 4 is 11.9 Å². The van der Waals surface area contributed by atoms with E-state index in [2.05, 4.69) is 38.2 Å². The molecule has 1 N–H and O–H groups in total. The van der Waals surface area contributed by atoms with Crippen LogP contribution in [0.15, 0.2) is 24.3 Å². The Labute approximate surface area is 457 Å². The van der Waals surface area contributed by atoms with Crippen molar-refractivity contribution in [2.75, 3.05) is 13.2 Å². The first-order chi connectivity index (χ1) is 36.1. The zero-order valence-electron chi connectivity index (χ0n) is 49.7. The molecule has 5 heteroatoms. The Hall–Kier alpha value is -1.62. The number of aliphatic hydroxyl groups is 1. The quantitative estimate of drug-likeness (QED) is 0.0373. The average molecular weight is 1030 g/mol. The first-order valence-corrected chi connectivity index (χ1v) is 33.4. The third-order valence-electron chi connectivity index (χ3n) is 15.5. The highest BCUT2D eigenvalue weighted by Crippen LogP contribution is 2.19. The molecule has 0 saturated heterocycles. The third-order valence-corrected chi connectivity index (χ3v) is 15.5. The SMILES string of the molecule is CCCCCCC/C=C\C/C=C\CCCCCCCCCCCCCCCCCCCCCCCCCCCCCC(=O)OC(CO)COC(=O)CCCCCCCCCCCCCCCCCCCCCC. The molecule has 0 heterocycles. The van der Waals surface area contributed by atoms with Gasteiger partial charge in [-0.05, 0) is 44.9 Å². The van der Waals surface area contributed by atoms with Gasteiger partial charge < -0.3 is 14.6 Å². The summed E-state index contributed by atoms with van der Waals surface area (Å²) in [6.07, 6.45) is 83.5. The van der Waals surface area contributed by atoms with Gasteiger partial charge in [-0.3, -0.25) is 9.59 Å². The van der Waals surface area contributed by atoms with Gasteiger partial charge >= 0.3 is 11.9 Å². The minimum absolute atomic E-state index is 0.0571. The topological polar surface area (TPSA) is 72.8 Å². The predicted octanol–water partition coefficient (Wildman–Crippen LogP) is 22.8. The van der Waals surface area contributed by atoms with Gasteiger partial charge in [0.2, 0.25) is 0 Å². The van der Waals surface area contributed by atoms with Gasteiger partial charge in [-0.25, -0.2) is 0 Å². The fourth-order valence-corrected chi connectivity index (χ4v) is 10.5. The fraction of sp³-hybridized carbons (Fsp3) is 0.912. The normalized spacial score (nSPS) is 12.2. The van der Waals surface area contributed by atoms with Gasteiger partial charge in [0.1, 0.15) is 6.61 Å². The maximum absolute atomic E-state index is 12.3. The summed E-state index contributed by atoms with van der Waals surface area (Å²) in [5, 5.41) is 9.68. The summed E-state index contributed by atoms with van der Waals surface area (Å²) in [7, 11) is 0. The number of aliphatic hydroxyl groups excluding tert-OH is 1. The summed E-state index contributed by atoms with van der Waals surface area (Å²) in [6.45, 7) is 4.19. The largest absolute Gasteiger partial charge is 0.462 e. The van der Waals surface area contributed by atoms with Crippen molar-refractivity contribution in [3.8, 4) is 0 Å². The summed E-state index contributed by atoms with van der Waals surface area (Å²) in [4.78, 5) is 24.6. The lowest BCUT2D eigenvalue weighted by Gasteiger charge is -2.15. The summed E-state index contributed by atoms with van der Waals surface area (Å²) in [5.74, 6) is -0.564. The molecule has 0 radical (unpaired) electrons. The average Bonchev–Trinajstić information content (AvgIpc) is 3.39. The van der Waals surface area contributed by atoms with Crippen molar-refractivity contribution in [2.45, 2.75) is 386 Å². The monoisotopic (exact) mass is 1030 g/mol. The molecular formula is C68H130O5. The molecule has 0 rings (SSSR count). The zero-order valence-corrected chi connectivity index (χ0v) is 49.7. The molecule has 0 amide bonds. The smallest absolute Gasteiger partial charge is 0.306 e. The van der Waals surface area contributed by atoms with Gasteiger partial charge in [0.25, 0.3) is 0 Å². The second kappa shape index (κ2) is 64.7. The highest BCUT2D eigenvalue weighted by atomic mass is 16.6. The first kappa shape index (κ1) is 71.4. The molecule has 0 aliphatic carbocycles. The molecule has 0 aromatic rings. The number of rotatable bonds is 63. The third kappa shape index (κ3) is 62.8. The second-order valence-electron chi connectivity index (χ2n) is 22.9. The molecule has 5 nitrogen and oxygen atoms in total. The molecule has 0 fully saturated rings. The van der Waals surface area contributed by atoms with E-state index in [1.54, 1.807) is 0 Å². The summed E-state index contributed by atoms with van der Waals surface area (Å²) in [6, 6.07) is 0. The van der Waals surface area contributed by atoms with Crippen LogP contribution < -0.4 is 0 Å². The Morgan fingerprint density at radius 1 is 0.315 bits per heavy atom. The summed E-state index contributed by atoms with van der Waals surface area (Å²) >= 11 is 0. The van der Waals surface area contributed by atoms with Crippen molar-refractivity contribution in [3.05, 3.63) is 24.3 Å². The predicted molar refractivity (Wildman–Crippen MR) is 321 cm³/mol. The minimum Gasteiger partial charge on any atom is -0.462 e. The molecule has 0 spiro atoms. The molecule has 73 heavy (non-hydrogen) atoms. The van der Waals surface area contributed by atoms with Gasteiger partial charge in [0.15, 0.2) is 6.10 Å². The molecule has 0 aliphatic rings. The van der Waals surface area contributed by atoms with Crippen LogP contribution in [-0.2, 0) is 19.1 Å². The van der Waals surface area contributed by atoms with E-state index in [0.29, 0.717) is 12.8 Å².